The molecule has 0 aliphatic carbocycles. The fourth-order valence-corrected chi connectivity index (χ4v) is 3.19. The number of amides is 1. The Hall–Kier alpha value is -4.10. The van der Waals surface area contributed by atoms with Crippen molar-refractivity contribution in [1.82, 2.24) is 30.2 Å². The lowest BCUT2D eigenvalue weighted by atomic mass is 10.1. The quantitative estimate of drug-likeness (QED) is 0.476. The summed E-state index contributed by atoms with van der Waals surface area (Å²) in [5.74, 6) is -1.16. The van der Waals surface area contributed by atoms with Gasteiger partial charge in [0.1, 0.15) is 6.07 Å². The Kier molecular flexibility index (Phi) is 5.91. The molecule has 1 N–H and O–H groups in total. The van der Waals surface area contributed by atoms with Gasteiger partial charge in [-0.05, 0) is 37.3 Å². The predicted octanol–water partition coefficient (Wildman–Crippen LogP) is 3.48. The van der Waals surface area contributed by atoms with E-state index < -0.39 is 11.7 Å². The molecule has 1 aromatic carbocycles. The molecule has 4 rings (SSSR count). The zero-order valence-electron chi connectivity index (χ0n) is 16.7. The van der Waals surface area contributed by atoms with Gasteiger partial charge in [-0.3, -0.25) is 14.5 Å². The first kappa shape index (κ1) is 21.1. The first-order valence-electron chi connectivity index (χ1n) is 9.43. The lowest BCUT2D eigenvalue weighted by Crippen LogP contribution is -2.36. The van der Waals surface area contributed by atoms with E-state index in [1.165, 1.54) is 12.1 Å². The van der Waals surface area contributed by atoms with Crippen LogP contribution in [0.3, 0.4) is 0 Å². The minimum Gasteiger partial charge on any atom is -0.344 e. The SMILES string of the molecule is CC(Cn1ccc(-c2ccc(C#N)c(Cl)c2F)n1)NC(=O)c1nc(-c2cccnc2)no1. The van der Waals surface area contributed by atoms with Gasteiger partial charge in [0.15, 0.2) is 5.82 Å². The summed E-state index contributed by atoms with van der Waals surface area (Å²) in [6.45, 7) is 2.08. The monoisotopic (exact) mass is 451 g/mol. The molecule has 0 aliphatic rings. The molecule has 0 saturated heterocycles. The third-order valence-corrected chi connectivity index (χ3v) is 4.87. The van der Waals surface area contributed by atoms with E-state index in [4.69, 9.17) is 21.4 Å². The normalized spacial score (nSPS) is 11.7. The molecule has 3 heterocycles. The van der Waals surface area contributed by atoms with Gasteiger partial charge in [-0.15, -0.1) is 0 Å². The number of hydrogen-bond acceptors (Lipinski definition) is 7. The van der Waals surface area contributed by atoms with Gasteiger partial charge in [0, 0.05) is 35.8 Å². The minimum absolute atomic E-state index is 0.0522. The number of nitrogens with zero attached hydrogens (tertiary/aromatic N) is 6. The molecule has 0 aliphatic heterocycles. The number of carbonyl (C=O) groups is 1. The van der Waals surface area contributed by atoms with E-state index in [2.05, 4.69) is 25.5 Å². The summed E-state index contributed by atoms with van der Waals surface area (Å²) >= 11 is 5.89. The van der Waals surface area contributed by atoms with Crippen LogP contribution in [0.1, 0.15) is 23.2 Å². The highest BCUT2D eigenvalue weighted by Gasteiger charge is 2.19. The summed E-state index contributed by atoms with van der Waals surface area (Å²) in [7, 11) is 0. The first-order valence-corrected chi connectivity index (χ1v) is 9.81. The van der Waals surface area contributed by atoms with Crippen LogP contribution in [0.5, 0.6) is 0 Å². The van der Waals surface area contributed by atoms with Crippen molar-refractivity contribution in [2.45, 2.75) is 19.5 Å². The fraction of sp³-hybridized carbons (Fsp3) is 0.143. The highest BCUT2D eigenvalue weighted by Crippen LogP contribution is 2.29. The molecule has 1 unspecified atom stereocenters. The molecule has 0 fully saturated rings. The van der Waals surface area contributed by atoms with E-state index in [9.17, 15) is 9.18 Å². The molecule has 3 aromatic heterocycles. The Morgan fingerprint density at radius 3 is 2.97 bits per heavy atom. The van der Waals surface area contributed by atoms with Crippen LogP contribution in [-0.4, -0.2) is 36.9 Å². The number of halogens is 2. The first-order chi connectivity index (χ1) is 15.5. The Balaban J connectivity index is 1.41. The number of pyridine rings is 1. The average molecular weight is 452 g/mol. The predicted molar refractivity (Wildman–Crippen MR) is 112 cm³/mol. The van der Waals surface area contributed by atoms with Gasteiger partial charge in [-0.25, -0.2) is 4.39 Å². The van der Waals surface area contributed by atoms with Gasteiger partial charge in [0.05, 0.1) is 22.8 Å². The zero-order valence-corrected chi connectivity index (χ0v) is 17.4. The number of carbonyl (C=O) groups excluding carboxylic acids is 1. The lowest BCUT2D eigenvalue weighted by molar-refractivity contribution is 0.0891. The molecule has 32 heavy (non-hydrogen) atoms. The second-order valence-electron chi connectivity index (χ2n) is 6.86. The molecule has 9 nitrogen and oxygen atoms in total. The van der Waals surface area contributed by atoms with Crippen LogP contribution in [0.15, 0.2) is 53.4 Å². The third kappa shape index (κ3) is 4.33. The maximum atomic E-state index is 14.5. The van der Waals surface area contributed by atoms with Crippen molar-refractivity contribution >= 4 is 17.5 Å². The number of hydrogen-bond donors (Lipinski definition) is 1. The molecule has 0 bridgehead atoms. The molecule has 0 saturated carbocycles. The van der Waals surface area contributed by atoms with E-state index >= 15 is 0 Å². The molecule has 0 radical (unpaired) electrons. The number of nitrogens with one attached hydrogen (secondary N) is 1. The number of nitriles is 1. The van der Waals surface area contributed by atoms with Gasteiger partial charge in [0.2, 0.25) is 5.82 Å². The van der Waals surface area contributed by atoms with Gasteiger partial charge in [-0.2, -0.15) is 15.3 Å². The summed E-state index contributed by atoms with van der Waals surface area (Å²) in [5, 5.41) is 19.6. The van der Waals surface area contributed by atoms with Gasteiger partial charge in [0.25, 0.3) is 0 Å². The van der Waals surface area contributed by atoms with Crippen molar-refractivity contribution in [3.05, 3.63) is 71.2 Å². The Morgan fingerprint density at radius 2 is 2.22 bits per heavy atom. The summed E-state index contributed by atoms with van der Waals surface area (Å²) in [5.41, 5.74) is 1.21. The van der Waals surface area contributed by atoms with E-state index in [-0.39, 0.29) is 33.9 Å². The van der Waals surface area contributed by atoms with Crippen molar-refractivity contribution in [3.63, 3.8) is 0 Å². The van der Waals surface area contributed by atoms with Crippen LogP contribution in [-0.2, 0) is 6.54 Å². The summed E-state index contributed by atoms with van der Waals surface area (Å²) in [4.78, 5) is 20.5. The maximum absolute atomic E-state index is 14.5. The molecule has 1 amide bonds. The molecule has 11 heteroatoms. The van der Waals surface area contributed by atoms with Crippen molar-refractivity contribution in [2.75, 3.05) is 0 Å². The van der Waals surface area contributed by atoms with Crippen LogP contribution in [0.25, 0.3) is 22.6 Å². The van der Waals surface area contributed by atoms with Gasteiger partial charge >= 0.3 is 11.8 Å². The Labute approximate surface area is 186 Å². The summed E-state index contributed by atoms with van der Waals surface area (Å²) < 4.78 is 21.1. The topological polar surface area (TPSA) is 123 Å². The smallest absolute Gasteiger partial charge is 0.316 e. The highest BCUT2D eigenvalue weighted by molar-refractivity contribution is 6.32. The van der Waals surface area contributed by atoms with E-state index in [1.807, 2.05) is 6.07 Å². The molecule has 0 spiro atoms. The highest BCUT2D eigenvalue weighted by atomic mass is 35.5. The zero-order chi connectivity index (χ0) is 22.7. The van der Waals surface area contributed by atoms with Crippen molar-refractivity contribution in [1.29, 1.82) is 5.26 Å². The van der Waals surface area contributed by atoms with Crippen LogP contribution in [0, 0.1) is 17.1 Å². The standard InChI is InChI=1S/C21H15ClFN7O2/c1-12(26-20(31)21-27-19(29-32-21)14-3-2-7-25-10-14)11-30-8-6-16(28-30)15-5-4-13(9-24)17(22)18(15)23/h2-8,10,12H,11H2,1H3,(H,26,31). The second-order valence-corrected chi connectivity index (χ2v) is 7.24. The lowest BCUT2D eigenvalue weighted by Gasteiger charge is -2.12. The number of benzene rings is 1. The summed E-state index contributed by atoms with van der Waals surface area (Å²) in [6, 6.07) is 9.47. The van der Waals surface area contributed by atoms with Crippen molar-refractivity contribution in [3.8, 4) is 28.7 Å². The number of rotatable bonds is 6. The maximum Gasteiger partial charge on any atom is 0.316 e. The van der Waals surface area contributed by atoms with Crippen LogP contribution >= 0.6 is 11.6 Å². The Morgan fingerprint density at radius 1 is 1.38 bits per heavy atom. The van der Waals surface area contributed by atoms with Crippen molar-refractivity contribution in [2.24, 2.45) is 0 Å². The molecule has 4 aromatic rings. The van der Waals surface area contributed by atoms with E-state index in [0.29, 0.717) is 17.8 Å². The molecular weight excluding hydrogens is 437 g/mol. The van der Waals surface area contributed by atoms with Gasteiger partial charge < -0.3 is 9.84 Å². The van der Waals surface area contributed by atoms with Crippen LogP contribution < -0.4 is 5.32 Å². The van der Waals surface area contributed by atoms with E-state index in [0.717, 1.165) is 0 Å². The largest absolute Gasteiger partial charge is 0.344 e. The second kappa shape index (κ2) is 8.95. The minimum atomic E-state index is -0.710. The number of aromatic nitrogens is 5. The van der Waals surface area contributed by atoms with Crippen LogP contribution in [0.2, 0.25) is 5.02 Å². The third-order valence-electron chi connectivity index (χ3n) is 4.50. The average Bonchev–Trinajstić information content (AvgIpc) is 3.46. The van der Waals surface area contributed by atoms with Gasteiger partial charge in [-0.1, -0.05) is 16.8 Å². The molecule has 160 valence electrons. The Bertz CT molecular complexity index is 1310. The van der Waals surface area contributed by atoms with E-state index in [1.54, 1.807) is 48.4 Å². The fourth-order valence-electron chi connectivity index (χ4n) is 2.98. The van der Waals surface area contributed by atoms with Crippen molar-refractivity contribution < 1.29 is 13.7 Å². The summed E-state index contributed by atoms with van der Waals surface area (Å²) in [6.07, 6.45) is 4.83. The molecule has 1 atom stereocenters. The molecular formula is C21H15ClFN7O2. The van der Waals surface area contributed by atoms with Crippen LogP contribution in [0.4, 0.5) is 4.39 Å².